The lowest BCUT2D eigenvalue weighted by molar-refractivity contribution is -0.610. The predicted molar refractivity (Wildman–Crippen MR) is 38.4 cm³/mol. The fourth-order valence-corrected chi connectivity index (χ4v) is 0.850. The summed E-state index contributed by atoms with van der Waals surface area (Å²) >= 11 is 0. The van der Waals surface area contributed by atoms with Gasteiger partial charge in [-0.15, -0.1) is 0 Å². The molecule has 53 valence electrons. The van der Waals surface area contributed by atoms with Crippen LogP contribution in [0.25, 0.3) is 0 Å². The van der Waals surface area contributed by atoms with E-state index in [1.54, 1.807) is 0 Å². The van der Waals surface area contributed by atoms with Crippen LogP contribution in [0.5, 0.6) is 0 Å². The van der Waals surface area contributed by atoms with E-state index in [2.05, 4.69) is 6.20 Å². The Morgan fingerprint density at radius 3 is 2.50 bits per heavy atom. The van der Waals surface area contributed by atoms with Crippen LogP contribution in [0.1, 0.15) is 16.7 Å². The number of pyridine rings is 1. The maximum absolute atomic E-state index is 10.7. The van der Waals surface area contributed by atoms with E-state index < -0.39 is 0 Å². The van der Waals surface area contributed by atoms with Crippen molar-refractivity contribution < 1.29 is 4.73 Å². The van der Waals surface area contributed by atoms with E-state index in [1.807, 2.05) is 20.8 Å². The maximum Gasteiger partial charge on any atom is 0.293 e. The van der Waals surface area contributed by atoms with Gasteiger partial charge in [0.15, 0.2) is 6.20 Å². The van der Waals surface area contributed by atoms with Crippen LogP contribution in [0.3, 0.4) is 0 Å². The standard InChI is InChI=1S/C8H10NO/c1-6-4-9(10)5-7(2)8(6)3/h4H,1-3H3. The van der Waals surface area contributed by atoms with E-state index in [-0.39, 0.29) is 0 Å². The van der Waals surface area contributed by atoms with Crippen molar-refractivity contribution in [1.82, 2.24) is 0 Å². The highest BCUT2D eigenvalue weighted by Gasteiger charge is 2.02. The van der Waals surface area contributed by atoms with Crippen LogP contribution in [0.2, 0.25) is 0 Å². The van der Waals surface area contributed by atoms with Crippen LogP contribution in [0.15, 0.2) is 6.20 Å². The van der Waals surface area contributed by atoms with Crippen LogP contribution in [0.4, 0.5) is 0 Å². The van der Waals surface area contributed by atoms with Gasteiger partial charge in [0.25, 0.3) is 6.20 Å². The summed E-state index contributed by atoms with van der Waals surface area (Å²) in [6, 6.07) is 0. The molecule has 0 atom stereocenters. The molecule has 2 heteroatoms. The Kier molecular flexibility index (Phi) is 1.62. The summed E-state index contributed by atoms with van der Waals surface area (Å²) in [5.41, 5.74) is 3.09. The molecule has 1 heterocycles. The van der Waals surface area contributed by atoms with Crippen molar-refractivity contribution >= 4 is 0 Å². The molecule has 1 rings (SSSR count). The number of hydrogen-bond acceptors (Lipinski definition) is 1. The second-order valence-electron chi connectivity index (χ2n) is 2.50. The Morgan fingerprint density at radius 1 is 1.40 bits per heavy atom. The van der Waals surface area contributed by atoms with Gasteiger partial charge in [-0.3, -0.25) is 0 Å². The highest BCUT2D eigenvalue weighted by molar-refractivity contribution is 5.25. The summed E-state index contributed by atoms with van der Waals surface area (Å²) in [5, 5.41) is 10.7. The molecule has 0 aromatic carbocycles. The minimum Gasteiger partial charge on any atom is -0.618 e. The molecule has 0 N–H and O–H groups in total. The first-order valence-electron chi connectivity index (χ1n) is 3.20. The van der Waals surface area contributed by atoms with E-state index in [0.717, 1.165) is 21.4 Å². The van der Waals surface area contributed by atoms with Gasteiger partial charge in [-0.1, -0.05) is 0 Å². The molecule has 0 aliphatic rings. The predicted octanol–water partition coefficient (Wildman–Crippen LogP) is 1.05. The minimum atomic E-state index is 0.720. The number of aromatic nitrogens is 1. The van der Waals surface area contributed by atoms with Gasteiger partial charge < -0.3 is 5.21 Å². The van der Waals surface area contributed by atoms with Gasteiger partial charge in [-0.25, -0.2) is 0 Å². The molecule has 0 saturated heterocycles. The summed E-state index contributed by atoms with van der Waals surface area (Å²) in [4.78, 5) is 0. The van der Waals surface area contributed by atoms with Gasteiger partial charge >= 0.3 is 0 Å². The Morgan fingerprint density at radius 2 is 2.00 bits per heavy atom. The Bertz CT molecular complexity index is 232. The number of aryl methyl sites for hydroxylation is 2. The van der Waals surface area contributed by atoms with E-state index in [9.17, 15) is 5.21 Å². The molecule has 10 heavy (non-hydrogen) atoms. The van der Waals surface area contributed by atoms with Gasteiger partial charge in [0.05, 0.1) is 0 Å². The molecule has 1 aromatic rings. The van der Waals surface area contributed by atoms with Crippen LogP contribution >= 0.6 is 0 Å². The molecule has 1 aromatic heterocycles. The molecule has 0 saturated carbocycles. The van der Waals surface area contributed by atoms with E-state index in [0.29, 0.717) is 0 Å². The van der Waals surface area contributed by atoms with Crippen LogP contribution in [-0.2, 0) is 0 Å². The van der Waals surface area contributed by atoms with Crippen molar-refractivity contribution in [3.8, 4) is 0 Å². The lowest BCUT2D eigenvalue weighted by Gasteiger charge is -2.01. The Labute approximate surface area is 60.7 Å². The first kappa shape index (κ1) is 7.06. The fraction of sp³-hybridized carbons (Fsp3) is 0.375. The zero-order valence-corrected chi connectivity index (χ0v) is 6.43. The van der Waals surface area contributed by atoms with E-state index >= 15 is 0 Å². The summed E-state index contributed by atoms with van der Waals surface area (Å²) in [5.74, 6) is 0. The molecule has 0 spiro atoms. The monoisotopic (exact) mass is 136 g/mol. The smallest absolute Gasteiger partial charge is 0.293 e. The van der Waals surface area contributed by atoms with Crippen LogP contribution in [0, 0.1) is 32.2 Å². The molecule has 0 aliphatic carbocycles. The second kappa shape index (κ2) is 2.29. The molecular weight excluding hydrogens is 126 g/mol. The van der Waals surface area contributed by atoms with Crippen molar-refractivity contribution in [2.45, 2.75) is 20.8 Å². The quantitative estimate of drug-likeness (QED) is 0.387. The average Bonchev–Trinajstić information content (AvgIpc) is 1.82. The largest absolute Gasteiger partial charge is 0.618 e. The topological polar surface area (TPSA) is 26.9 Å². The van der Waals surface area contributed by atoms with Crippen LogP contribution in [-0.4, -0.2) is 0 Å². The minimum absolute atomic E-state index is 0.720. The van der Waals surface area contributed by atoms with E-state index in [1.165, 1.54) is 6.20 Å². The third kappa shape index (κ3) is 1.10. The van der Waals surface area contributed by atoms with Gasteiger partial charge in [-0.05, 0) is 26.3 Å². The molecule has 1 radical (unpaired) electrons. The fourth-order valence-electron chi connectivity index (χ4n) is 0.850. The van der Waals surface area contributed by atoms with Crippen molar-refractivity contribution in [1.29, 1.82) is 0 Å². The SMILES string of the molecule is Cc1[c][n+]([O-])cc(C)c1C. The van der Waals surface area contributed by atoms with E-state index in [4.69, 9.17) is 0 Å². The van der Waals surface area contributed by atoms with Crippen molar-refractivity contribution in [3.63, 3.8) is 0 Å². The third-order valence-corrected chi connectivity index (χ3v) is 1.74. The zero-order chi connectivity index (χ0) is 7.72. The second-order valence-corrected chi connectivity index (χ2v) is 2.50. The lowest BCUT2D eigenvalue weighted by Crippen LogP contribution is -2.26. The van der Waals surface area contributed by atoms with Crippen molar-refractivity contribution in [2.75, 3.05) is 0 Å². The third-order valence-electron chi connectivity index (χ3n) is 1.74. The normalized spacial score (nSPS) is 9.90. The molecule has 0 aliphatic heterocycles. The summed E-state index contributed by atoms with van der Waals surface area (Å²) in [6.07, 6.45) is 4.17. The van der Waals surface area contributed by atoms with Gasteiger partial charge in [0, 0.05) is 11.1 Å². The Hall–Kier alpha value is -1.05. The molecule has 0 unspecified atom stereocenters. The highest BCUT2D eigenvalue weighted by atomic mass is 16.5. The molecule has 0 fully saturated rings. The molecular formula is C8H10NO. The van der Waals surface area contributed by atoms with Gasteiger partial charge in [0.2, 0.25) is 0 Å². The molecule has 2 nitrogen and oxygen atoms in total. The molecule has 0 amide bonds. The highest BCUT2D eigenvalue weighted by Crippen LogP contribution is 2.06. The lowest BCUT2D eigenvalue weighted by atomic mass is 10.1. The Balaban J connectivity index is 3.31. The first-order chi connectivity index (χ1) is 4.61. The van der Waals surface area contributed by atoms with Crippen LogP contribution < -0.4 is 4.73 Å². The van der Waals surface area contributed by atoms with Crippen molar-refractivity contribution in [2.24, 2.45) is 0 Å². The summed E-state index contributed by atoms with van der Waals surface area (Å²) < 4.78 is 0.720. The summed E-state index contributed by atoms with van der Waals surface area (Å²) in [6.45, 7) is 5.79. The maximum atomic E-state index is 10.7. The van der Waals surface area contributed by atoms with Gasteiger partial charge in [0.1, 0.15) is 0 Å². The molecule has 0 bridgehead atoms. The zero-order valence-electron chi connectivity index (χ0n) is 6.43. The number of rotatable bonds is 0. The number of hydrogen-bond donors (Lipinski definition) is 0. The van der Waals surface area contributed by atoms with Crippen molar-refractivity contribution in [3.05, 3.63) is 34.3 Å². The number of nitrogens with zero attached hydrogens (tertiary/aromatic N) is 1. The summed E-state index contributed by atoms with van der Waals surface area (Å²) in [7, 11) is 0. The average molecular weight is 136 g/mol. The first-order valence-corrected chi connectivity index (χ1v) is 3.20. The van der Waals surface area contributed by atoms with Gasteiger partial charge in [-0.2, -0.15) is 4.73 Å².